The Hall–Kier alpha value is -0.390. The molecule has 1 aliphatic rings. The first kappa shape index (κ1) is 12.7. The van der Waals surface area contributed by atoms with E-state index in [1.54, 1.807) is 7.11 Å². The molecule has 1 aliphatic heterocycles. The molecule has 0 spiro atoms. The second kappa shape index (κ2) is 6.25. The van der Waals surface area contributed by atoms with Gasteiger partial charge in [-0.3, -0.25) is 0 Å². The maximum atomic E-state index is 5.33. The zero-order valence-electron chi connectivity index (χ0n) is 9.47. The van der Waals surface area contributed by atoms with Gasteiger partial charge >= 0.3 is 0 Å². The van der Waals surface area contributed by atoms with E-state index in [-0.39, 0.29) is 5.54 Å². The maximum absolute atomic E-state index is 5.33. The fraction of sp³-hybridized carbons (Fsp3) is 0.900. The molecular formula is C10H20N2O2S. The third-order valence-electron chi connectivity index (χ3n) is 2.44. The van der Waals surface area contributed by atoms with E-state index in [2.05, 4.69) is 17.6 Å². The Balaban J connectivity index is 2.12. The molecule has 15 heavy (non-hydrogen) atoms. The predicted molar refractivity (Wildman–Crippen MR) is 64.1 cm³/mol. The van der Waals surface area contributed by atoms with Crippen molar-refractivity contribution in [2.24, 2.45) is 0 Å². The molecule has 1 fully saturated rings. The van der Waals surface area contributed by atoms with Crippen molar-refractivity contribution in [2.75, 3.05) is 33.5 Å². The van der Waals surface area contributed by atoms with Crippen LogP contribution in [0.4, 0.5) is 0 Å². The zero-order valence-corrected chi connectivity index (χ0v) is 10.3. The molecule has 88 valence electrons. The summed E-state index contributed by atoms with van der Waals surface area (Å²) in [5.74, 6) is 0. The molecule has 0 aromatic carbocycles. The molecule has 0 amide bonds. The van der Waals surface area contributed by atoms with Crippen LogP contribution >= 0.6 is 12.2 Å². The Morgan fingerprint density at radius 1 is 1.60 bits per heavy atom. The lowest BCUT2D eigenvalue weighted by Gasteiger charge is -2.25. The monoisotopic (exact) mass is 232 g/mol. The standard InChI is InChI=1S/C10H20N2O2S/c1-10(4-7-14-8-10)12-9(15)11-5-3-6-13-2/h3-8H2,1-2H3,(H2,11,12,15). The quantitative estimate of drug-likeness (QED) is 0.538. The van der Waals surface area contributed by atoms with Crippen molar-refractivity contribution in [1.82, 2.24) is 10.6 Å². The molecule has 0 radical (unpaired) electrons. The van der Waals surface area contributed by atoms with Crippen molar-refractivity contribution in [3.8, 4) is 0 Å². The molecule has 0 aliphatic carbocycles. The van der Waals surface area contributed by atoms with Crippen LogP contribution in [0.2, 0.25) is 0 Å². The second-order valence-electron chi connectivity index (χ2n) is 4.09. The summed E-state index contributed by atoms with van der Waals surface area (Å²) in [6.45, 7) is 5.28. The summed E-state index contributed by atoms with van der Waals surface area (Å²) < 4.78 is 10.3. The van der Waals surface area contributed by atoms with Gasteiger partial charge < -0.3 is 20.1 Å². The van der Waals surface area contributed by atoms with E-state index in [1.165, 1.54) is 0 Å². The van der Waals surface area contributed by atoms with Gasteiger partial charge in [-0.1, -0.05) is 0 Å². The lowest BCUT2D eigenvalue weighted by Crippen LogP contribution is -2.50. The minimum absolute atomic E-state index is 0.00530. The van der Waals surface area contributed by atoms with Crippen LogP contribution in [0.1, 0.15) is 19.8 Å². The first-order chi connectivity index (χ1) is 7.16. The van der Waals surface area contributed by atoms with E-state index in [0.29, 0.717) is 5.11 Å². The summed E-state index contributed by atoms with van der Waals surface area (Å²) in [4.78, 5) is 0. The number of ether oxygens (including phenoxy) is 2. The number of thiocarbonyl (C=S) groups is 1. The van der Waals surface area contributed by atoms with Crippen molar-refractivity contribution < 1.29 is 9.47 Å². The minimum atomic E-state index is 0.00530. The third kappa shape index (κ3) is 4.77. The van der Waals surface area contributed by atoms with Gasteiger partial charge in [0.05, 0.1) is 12.1 Å². The van der Waals surface area contributed by atoms with Crippen LogP contribution in [-0.2, 0) is 9.47 Å². The number of methoxy groups -OCH3 is 1. The van der Waals surface area contributed by atoms with E-state index in [4.69, 9.17) is 21.7 Å². The first-order valence-electron chi connectivity index (χ1n) is 5.29. The number of hydrogen-bond donors (Lipinski definition) is 2. The smallest absolute Gasteiger partial charge is 0.166 e. The van der Waals surface area contributed by atoms with E-state index in [1.807, 2.05) is 0 Å². The van der Waals surface area contributed by atoms with Crippen molar-refractivity contribution in [3.63, 3.8) is 0 Å². The molecule has 1 saturated heterocycles. The number of rotatable bonds is 5. The topological polar surface area (TPSA) is 42.5 Å². The molecule has 0 saturated carbocycles. The fourth-order valence-electron chi connectivity index (χ4n) is 1.50. The van der Waals surface area contributed by atoms with Crippen molar-refractivity contribution in [3.05, 3.63) is 0 Å². The highest BCUT2D eigenvalue weighted by Gasteiger charge is 2.29. The minimum Gasteiger partial charge on any atom is -0.385 e. The average Bonchev–Trinajstić information content (AvgIpc) is 2.59. The van der Waals surface area contributed by atoms with E-state index in [0.717, 1.165) is 39.2 Å². The summed E-state index contributed by atoms with van der Waals surface area (Å²) in [6.07, 6.45) is 1.97. The van der Waals surface area contributed by atoms with E-state index < -0.39 is 0 Å². The van der Waals surface area contributed by atoms with E-state index >= 15 is 0 Å². The number of nitrogens with one attached hydrogen (secondary N) is 2. The molecule has 2 N–H and O–H groups in total. The van der Waals surface area contributed by atoms with Gasteiger partial charge in [0.25, 0.3) is 0 Å². The lowest BCUT2D eigenvalue weighted by molar-refractivity contribution is 0.177. The second-order valence-corrected chi connectivity index (χ2v) is 4.50. The van der Waals surface area contributed by atoms with Crippen LogP contribution in [0.5, 0.6) is 0 Å². The fourth-order valence-corrected chi connectivity index (χ4v) is 1.85. The van der Waals surface area contributed by atoms with Crippen molar-refractivity contribution in [1.29, 1.82) is 0 Å². The average molecular weight is 232 g/mol. The molecule has 0 bridgehead atoms. The largest absolute Gasteiger partial charge is 0.385 e. The van der Waals surface area contributed by atoms with Crippen molar-refractivity contribution in [2.45, 2.75) is 25.3 Å². The molecule has 4 nitrogen and oxygen atoms in total. The molecule has 1 unspecified atom stereocenters. The summed E-state index contributed by atoms with van der Waals surface area (Å²) in [5, 5.41) is 7.15. The summed E-state index contributed by atoms with van der Waals surface area (Å²) >= 11 is 5.19. The Morgan fingerprint density at radius 3 is 3.00 bits per heavy atom. The lowest BCUT2D eigenvalue weighted by atomic mass is 10.0. The SMILES string of the molecule is COCCCNC(=S)NC1(C)CCOC1. The van der Waals surface area contributed by atoms with E-state index in [9.17, 15) is 0 Å². The van der Waals surface area contributed by atoms with Crippen LogP contribution in [0, 0.1) is 0 Å². The summed E-state index contributed by atoms with van der Waals surface area (Å²) in [6, 6.07) is 0. The first-order valence-corrected chi connectivity index (χ1v) is 5.70. The molecule has 0 aromatic heterocycles. The van der Waals surface area contributed by atoms with Gasteiger partial charge in [-0.25, -0.2) is 0 Å². The highest BCUT2D eigenvalue weighted by Crippen LogP contribution is 2.16. The highest BCUT2D eigenvalue weighted by molar-refractivity contribution is 7.80. The van der Waals surface area contributed by atoms with Crippen LogP contribution in [0.25, 0.3) is 0 Å². The summed E-state index contributed by atoms with van der Waals surface area (Å²) in [5.41, 5.74) is 0.00530. The normalized spacial score (nSPS) is 25.2. The van der Waals surface area contributed by atoms with Gasteiger partial charge in [-0.05, 0) is 32.0 Å². The molecule has 1 heterocycles. The highest BCUT2D eigenvalue weighted by atomic mass is 32.1. The Morgan fingerprint density at radius 2 is 2.40 bits per heavy atom. The Kier molecular flexibility index (Phi) is 5.28. The molecule has 1 rings (SSSR count). The molecule has 5 heteroatoms. The van der Waals surface area contributed by atoms with Gasteiger partial charge in [0.2, 0.25) is 0 Å². The van der Waals surface area contributed by atoms with Crippen molar-refractivity contribution >= 4 is 17.3 Å². The molecule has 1 atom stereocenters. The predicted octanol–water partition coefficient (Wildman–Crippen LogP) is 0.666. The maximum Gasteiger partial charge on any atom is 0.166 e. The summed E-state index contributed by atoms with van der Waals surface area (Å²) in [7, 11) is 1.70. The van der Waals surface area contributed by atoms with Gasteiger partial charge in [-0.15, -0.1) is 0 Å². The van der Waals surface area contributed by atoms with Crippen LogP contribution in [0.15, 0.2) is 0 Å². The van der Waals surface area contributed by atoms with Crippen LogP contribution < -0.4 is 10.6 Å². The van der Waals surface area contributed by atoms with Gasteiger partial charge in [-0.2, -0.15) is 0 Å². The molecule has 0 aromatic rings. The van der Waals surface area contributed by atoms with Gasteiger partial charge in [0.15, 0.2) is 5.11 Å². The van der Waals surface area contributed by atoms with Gasteiger partial charge in [0.1, 0.15) is 0 Å². The Labute approximate surface area is 96.7 Å². The van der Waals surface area contributed by atoms with Gasteiger partial charge in [0, 0.05) is 26.9 Å². The van der Waals surface area contributed by atoms with Crippen LogP contribution in [-0.4, -0.2) is 44.1 Å². The Bertz CT molecular complexity index is 206. The number of hydrogen-bond acceptors (Lipinski definition) is 3. The van der Waals surface area contributed by atoms with Crippen LogP contribution in [0.3, 0.4) is 0 Å². The zero-order chi connectivity index (χ0) is 11.1. The molecular weight excluding hydrogens is 212 g/mol. The third-order valence-corrected chi connectivity index (χ3v) is 2.69.